The van der Waals surface area contributed by atoms with Crippen molar-refractivity contribution in [2.75, 3.05) is 13.7 Å². The number of methoxy groups -OCH3 is 1. The van der Waals surface area contributed by atoms with Crippen molar-refractivity contribution < 1.29 is 19.4 Å². The van der Waals surface area contributed by atoms with Crippen molar-refractivity contribution in [3.63, 3.8) is 0 Å². The molecule has 0 saturated heterocycles. The van der Waals surface area contributed by atoms with Crippen molar-refractivity contribution in [3.05, 3.63) is 29.3 Å². The molecule has 102 valence electrons. The average molecular weight is 263 g/mol. The van der Waals surface area contributed by atoms with Crippen molar-refractivity contribution >= 4 is 18.3 Å². The van der Waals surface area contributed by atoms with Gasteiger partial charge in [-0.15, -0.1) is 0 Å². The third kappa shape index (κ3) is 4.46. The molecular formula is C14H17NO4. The van der Waals surface area contributed by atoms with Crippen LogP contribution in [0.2, 0.25) is 0 Å². The summed E-state index contributed by atoms with van der Waals surface area (Å²) < 4.78 is 4.99. The van der Waals surface area contributed by atoms with E-state index in [4.69, 9.17) is 4.74 Å². The number of phenols is 1. The molecule has 0 bridgehead atoms. The van der Waals surface area contributed by atoms with Crippen molar-refractivity contribution in [1.82, 2.24) is 5.32 Å². The summed E-state index contributed by atoms with van der Waals surface area (Å²) in [5.41, 5.74) is 0.931. The molecular weight excluding hydrogens is 246 g/mol. The number of hydrogen-bond donors (Lipinski definition) is 2. The molecule has 0 radical (unpaired) electrons. The molecule has 1 aromatic rings. The third-order valence-corrected chi connectivity index (χ3v) is 2.47. The number of aldehydes is 1. The fourth-order valence-corrected chi connectivity index (χ4v) is 1.54. The van der Waals surface area contributed by atoms with Gasteiger partial charge >= 0.3 is 0 Å². The minimum Gasteiger partial charge on any atom is -0.504 e. The number of rotatable bonds is 6. The number of phenolic OH excluding ortho intramolecular Hbond substituents is 1. The second-order valence-electron chi connectivity index (χ2n) is 3.95. The van der Waals surface area contributed by atoms with Gasteiger partial charge in [-0.3, -0.25) is 9.59 Å². The summed E-state index contributed by atoms with van der Waals surface area (Å²) in [5.74, 6) is 0.0296. The number of nitrogens with one attached hydrogen (secondary N) is 1. The second kappa shape index (κ2) is 7.20. The van der Waals surface area contributed by atoms with Gasteiger partial charge in [-0.25, -0.2) is 0 Å². The van der Waals surface area contributed by atoms with Crippen molar-refractivity contribution in [2.24, 2.45) is 0 Å². The third-order valence-electron chi connectivity index (χ3n) is 2.47. The Hall–Kier alpha value is -2.30. The number of hydrogen-bond acceptors (Lipinski definition) is 4. The van der Waals surface area contributed by atoms with Crippen molar-refractivity contribution in [1.29, 1.82) is 0 Å². The van der Waals surface area contributed by atoms with Gasteiger partial charge in [-0.2, -0.15) is 0 Å². The summed E-state index contributed by atoms with van der Waals surface area (Å²) >= 11 is 0. The van der Waals surface area contributed by atoms with Gasteiger partial charge < -0.3 is 15.2 Å². The van der Waals surface area contributed by atoms with E-state index in [9.17, 15) is 14.7 Å². The van der Waals surface area contributed by atoms with E-state index in [-0.39, 0.29) is 23.0 Å². The molecule has 0 heterocycles. The largest absolute Gasteiger partial charge is 0.504 e. The van der Waals surface area contributed by atoms with Crippen molar-refractivity contribution in [2.45, 2.75) is 13.3 Å². The van der Waals surface area contributed by atoms with Gasteiger partial charge in [-0.1, -0.05) is 12.2 Å². The van der Waals surface area contributed by atoms with E-state index in [2.05, 4.69) is 5.32 Å². The number of aromatic hydroxyl groups is 1. The molecule has 0 saturated carbocycles. The van der Waals surface area contributed by atoms with Gasteiger partial charge in [0.1, 0.15) is 0 Å². The molecule has 1 aromatic carbocycles. The Morgan fingerprint density at radius 1 is 1.47 bits per heavy atom. The molecule has 0 spiro atoms. The van der Waals surface area contributed by atoms with Gasteiger partial charge in [0, 0.05) is 13.5 Å². The van der Waals surface area contributed by atoms with Crippen LogP contribution in [0.3, 0.4) is 0 Å². The van der Waals surface area contributed by atoms with E-state index in [1.807, 2.05) is 6.08 Å². The molecule has 1 rings (SSSR count). The van der Waals surface area contributed by atoms with Crippen LogP contribution in [0, 0.1) is 0 Å². The molecule has 0 aliphatic heterocycles. The first-order valence-corrected chi connectivity index (χ1v) is 5.85. The van der Waals surface area contributed by atoms with Gasteiger partial charge in [0.2, 0.25) is 5.91 Å². The van der Waals surface area contributed by atoms with E-state index in [1.165, 1.54) is 14.0 Å². The van der Waals surface area contributed by atoms with Crippen LogP contribution in [0.1, 0.15) is 29.3 Å². The summed E-state index contributed by atoms with van der Waals surface area (Å²) in [6.07, 6.45) is 4.93. The summed E-state index contributed by atoms with van der Waals surface area (Å²) in [6, 6.07) is 3.21. The molecule has 19 heavy (non-hydrogen) atoms. The van der Waals surface area contributed by atoms with Gasteiger partial charge in [0.25, 0.3) is 0 Å². The lowest BCUT2D eigenvalue weighted by atomic mass is 10.1. The van der Waals surface area contributed by atoms with Crippen LogP contribution >= 0.6 is 0 Å². The molecule has 0 atom stereocenters. The fraction of sp³-hybridized carbons (Fsp3) is 0.286. The van der Waals surface area contributed by atoms with Crippen LogP contribution in [0.5, 0.6) is 11.5 Å². The molecule has 0 aliphatic carbocycles. The van der Waals surface area contributed by atoms with E-state index in [1.54, 1.807) is 18.2 Å². The maximum atomic E-state index is 10.8. The highest BCUT2D eigenvalue weighted by Gasteiger charge is 2.08. The molecule has 0 aliphatic rings. The van der Waals surface area contributed by atoms with Gasteiger partial charge in [-0.05, 0) is 24.1 Å². The summed E-state index contributed by atoms with van der Waals surface area (Å²) in [7, 11) is 1.42. The van der Waals surface area contributed by atoms with Gasteiger partial charge in [0.05, 0.1) is 12.7 Å². The Bertz CT molecular complexity index is 494. The lowest BCUT2D eigenvalue weighted by molar-refractivity contribution is -0.118. The van der Waals surface area contributed by atoms with Crippen LogP contribution in [-0.2, 0) is 4.79 Å². The average Bonchev–Trinajstić information content (AvgIpc) is 2.39. The molecule has 2 N–H and O–H groups in total. The van der Waals surface area contributed by atoms with E-state index >= 15 is 0 Å². The monoisotopic (exact) mass is 263 g/mol. The molecule has 5 heteroatoms. The minimum atomic E-state index is -0.159. The SMILES string of the molecule is COc1cc(C=CCCNC(C)=O)cc(C=O)c1O. The quantitative estimate of drug-likeness (QED) is 0.605. The lowest BCUT2D eigenvalue weighted by Gasteiger charge is -2.06. The Morgan fingerprint density at radius 3 is 2.79 bits per heavy atom. The fourth-order valence-electron chi connectivity index (χ4n) is 1.54. The zero-order valence-corrected chi connectivity index (χ0v) is 11.0. The molecule has 5 nitrogen and oxygen atoms in total. The van der Waals surface area contributed by atoms with E-state index in [0.29, 0.717) is 19.3 Å². The van der Waals surface area contributed by atoms with Gasteiger partial charge in [0.15, 0.2) is 17.8 Å². The van der Waals surface area contributed by atoms with Crippen LogP contribution in [0.15, 0.2) is 18.2 Å². The van der Waals surface area contributed by atoms with Crippen LogP contribution < -0.4 is 10.1 Å². The first kappa shape index (κ1) is 14.8. The van der Waals surface area contributed by atoms with E-state index < -0.39 is 0 Å². The van der Waals surface area contributed by atoms with Crippen molar-refractivity contribution in [3.8, 4) is 11.5 Å². The Kier molecular flexibility index (Phi) is 5.60. The number of ether oxygens (including phenoxy) is 1. The summed E-state index contributed by atoms with van der Waals surface area (Å²) in [4.78, 5) is 21.5. The Labute approximate surface area is 111 Å². The molecule has 1 amide bonds. The predicted octanol–water partition coefficient (Wildman–Crippen LogP) is 1.75. The highest BCUT2D eigenvalue weighted by Crippen LogP contribution is 2.30. The zero-order chi connectivity index (χ0) is 14.3. The first-order valence-electron chi connectivity index (χ1n) is 5.85. The van der Waals surface area contributed by atoms with Crippen LogP contribution in [0.25, 0.3) is 6.08 Å². The lowest BCUT2D eigenvalue weighted by Crippen LogP contribution is -2.20. The topological polar surface area (TPSA) is 75.6 Å². The Morgan fingerprint density at radius 2 is 2.21 bits per heavy atom. The van der Waals surface area contributed by atoms with E-state index in [0.717, 1.165) is 5.56 Å². The number of carbonyl (C=O) groups is 2. The first-order chi connectivity index (χ1) is 9.08. The molecule has 0 unspecified atom stereocenters. The standard InChI is InChI=1S/C14H17NO4/c1-10(17)15-6-4-3-5-11-7-12(9-16)14(18)13(8-11)19-2/h3,5,7-9,18H,4,6H2,1-2H3,(H,15,17). The predicted molar refractivity (Wildman–Crippen MR) is 72.4 cm³/mol. The maximum Gasteiger partial charge on any atom is 0.216 e. The number of benzene rings is 1. The smallest absolute Gasteiger partial charge is 0.216 e. The summed E-state index contributed by atoms with van der Waals surface area (Å²) in [5, 5.41) is 12.3. The normalized spacial score (nSPS) is 10.4. The highest BCUT2D eigenvalue weighted by molar-refractivity contribution is 5.82. The molecule has 0 fully saturated rings. The number of amides is 1. The Balaban J connectivity index is 2.75. The van der Waals surface area contributed by atoms with Crippen LogP contribution in [0.4, 0.5) is 0 Å². The highest BCUT2D eigenvalue weighted by atomic mass is 16.5. The maximum absolute atomic E-state index is 10.8. The number of carbonyl (C=O) groups excluding carboxylic acids is 2. The summed E-state index contributed by atoms with van der Waals surface area (Å²) in [6.45, 7) is 2.02. The van der Waals surface area contributed by atoms with Crippen LogP contribution in [-0.4, -0.2) is 31.0 Å². The minimum absolute atomic E-state index is 0.0667. The second-order valence-corrected chi connectivity index (χ2v) is 3.95. The molecule has 0 aromatic heterocycles. The zero-order valence-electron chi connectivity index (χ0n) is 11.0.